The number of amides is 2. The molecule has 0 aromatic heterocycles. The van der Waals surface area contributed by atoms with E-state index >= 15 is 0 Å². The maximum Gasteiger partial charge on any atom is 0.262 e. The average Bonchev–Trinajstić information content (AvgIpc) is 2.74. The van der Waals surface area contributed by atoms with Crippen LogP contribution in [0.4, 0.5) is 10.1 Å². The Labute approximate surface area is 166 Å². The van der Waals surface area contributed by atoms with Gasteiger partial charge in [0.1, 0.15) is 23.1 Å². The van der Waals surface area contributed by atoms with Gasteiger partial charge in [0.15, 0.2) is 6.61 Å². The van der Waals surface area contributed by atoms with E-state index in [4.69, 9.17) is 9.47 Å². The maximum atomic E-state index is 12.9. The smallest absolute Gasteiger partial charge is 0.262 e. The lowest BCUT2D eigenvalue weighted by atomic mass is 10.1. The molecule has 1 heterocycles. The van der Waals surface area contributed by atoms with E-state index in [1.165, 1.54) is 12.1 Å². The van der Waals surface area contributed by atoms with Crippen LogP contribution in [-0.2, 0) is 11.3 Å². The summed E-state index contributed by atoms with van der Waals surface area (Å²) in [5.74, 6) is 0.848. The largest absolute Gasteiger partial charge is 0.482 e. The van der Waals surface area contributed by atoms with Crippen LogP contribution in [0.15, 0.2) is 66.7 Å². The molecular formula is C22H17FN2O4. The number of carbonyl (C=O) groups excluding carboxylic acids is 2. The molecule has 0 aliphatic carbocycles. The molecule has 2 amide bonds. The summed E-state index contributed by atoms with van der Waals surface area (Å²) in [6.45, 7) is 0.301. The average molecular weight is 392 g/mol. The highest BCUT2D eigenvalue weighted by Crippen LogP contribution is 2.28. The molecule has 29 heavy (non-hydrogen) atoms. The third-order valence-electron chi connectivity index (χ3n) is 4.30. The van der Waals surface area contributed by atoms with E-state index in [0.717, 1.165) is 5.56 Å². The molecule has 0 spiro atoms. The number of rotatable bonds is 5. The zero-order valence-electron chi connectivity index (χ0n) is 15.3. The zero-order chi connectivity index (χ0) is 20.2. The predicted molar refractivity (Wildman–Crippen MR) is 105 cm³/mol. The summed E-state index contributed by atoms with van der Waals surface area (Å²) < 4.78 is 23.9. The molecule has 4 rings (SSSR count). The van der Waals surface area contributed by atoms with Crippen molar-refractivity contribution < 1.29 is 23.5 Å². The molecule has 0 saturated heterocycles. The minimum Gasteiger partial charge on any atom is -0.482 e. The Morgan fingerprint density at radius 1 is 1.03 bits per heavy atom. The second-order valence-corrected chi connectivity index (χ2v) is 6.43. The molecule has 3 aromatic carbocycles. The van der Waals surface area contributed by atoms with E-state index < -0.39 is 0 Å². The van der Waals surface area contributed by atoms with Crippen LogP contribution in [0.25, 0.3) is 0 Å². The first-order valence-electron chi connectivity index (χ1n) is 8.94. The fourth-order valence-corrected chi connectivity index (χ4v) is 2.82. The highest BCUT2D eigenvalue weighted by atomic mass is 19.1. The molecule has 1 aliphatic rings. The van der Waals surface area contributed by atoms with Crippen molar-refractivity contribution >= 4 is 17.5 Å². The molecule has 6 nitrogen and oxygen atoms in total. The summed E-state index contributed by atoms with van der Waals surface area (Å²) in [6.07, 6.45) is 0. The van der Waals surface area contributed by atoms with Gasteiger partial charge in [0.2, 0.25) is 0 Å². The van der Waals surface area contributed by atoms with Crippen molar-refractivity contribution in [2.24, 2.45) is 0 Å². The minimum atomic E-state index is -0.322. The van der Waals surface area contributed by atoms with Gasteiger partial charge < -0.3 is 20.1 Å². The minimum absolute atomic E-state index is 0.0284. The first-order chi connectivity index (χ1) is 14.1. The number of hydrogen-bond acceptors (Lipinski definition) is 4. The molecule has 7 heteroatoms. The Balaban J connectivity index is 1.35. The van der Waals surface area contributed by atoms with Gasteiger partial charge in [-0.15, -0.1) is 0 Å². The van der Waals surface area contributed by atoms with Crippen molar-refractivity contribution in [2.75, 3.05) is 11.9 Å². The molecule has 0 radical (unpaired) electrons. The van der Waals surface area contributed by atoms with E-state index in [1.807, 2.05) is 12.1 Å². The van der Waals surface area contributed by atoms with E-state index in [2.05, 4.69) is 10.6 Å². The Kier molecular flexibility index (Phi) is 5.11. The van der Waals surface area contributed by atoms with Gasteiger partial charge in [0.25, 0.3) is 11.8 Å². The number of halogens is 1. The summed E-state index contributed by atoms with van der Waals surface area (Å²) in [7, 11) is 0. The van der Waals surface area contributed by atoms with Gasteiger partial charge in [-0.3, -0.25) is 9.59 Å². The fraction of sp³-hybridized carbons (Fsp3) is 0.0909. The lowest BCUT2D eigenvalue weighted by Crippen LogP contribution is -2.27. The molecule has 146 valence electrons. The summed E-state index contributed by atoms with van der Waals surface area (Å²) in [5.41, 5.74) is 1.79. The van der Waals surface area contributed by atoms with Crippen LogP contribution >= 0.6 is 0 Å². The van der Waals surface area contributed by atoms with Gasteiger partial charge in [-0.25, -0.2) is 4.39 Å². The number of anilines is 1. The third kappa shape index (κ3) is 4.52. The molecule has 3 aromatic rings. The van der Waals surface area contributed by atoms with Gasteiger partial charge >= 0.3 is 0 Å². The predicted octanol–water partition coefficient (Wildman–Crippen LogP) is 3.88. The van der Waals surface area contributed by atoms with Crippen LogP contribution in [0.3, 0.4) is 0 Å². The topological polar surface area (TPSA) is 76.7 Å². The number of benzene rings is 3. The van der Waals surface area contributed by atoms with Crippen LogP contribution in [-0.4, -0.2) is 18.4 Å². The molecule has 0 unspecified atom stereocenters. The Bertz CT molecular complexity index is 1050. The Hall–Kier alpha value is -3.87. The number of nitrogens with one attached hydrogen (secondary N) is 2. The van der Waals surface area contributed by atoms with Crippen molar-refractivity contribution in [3.63, 3.8) is 0 Å². The van der Waals surface area contributed by atoms with E-state index in [0.29, 0.717) is 35.0 Å². The molecule has 0 saturated carbocycles. The third-order valence-corrected chi connectivity index (χ3v) is 4.30. The first kappa shape index (κ1) is 18.5. The molecule has 0 fully saturated rings. The number of hydrogen-bond donors (Lipinski definition) is 2. The molecule has 1 aliphatic heterocycles. The Morgan fingerprint density at radius 2 is 1.72 bits per heavy atom. The summed E-state index contributed by atoms with van der Waals surface area (Å²) in [6, 6.07) is 17.9. The van der Waals surface area contributed by atoms with Crippen LogP contribution in [0, 0.1) is 5.82 Å². The quantitative estimate of drug-likeness (QED) is 0.691. The van der Waals surface area contributed by atoms with Gasteiger partial charge in [-0.2, -0.15) is 0 Å². The maximum absolute atomic E-state index is 12.9. The Morgan fingerprint density at radius 3 is 2.45 bits per heavy atom. The van der Waals surface area contributed by atoms with E-state index in [1.54, 1.807) is 42.5 Å². The van der Waals surface area contributed by atoms with Crippen LogP contribution in [0.1, 0.15) is 15.9 Å². The summed E-state index contributed by atoms with van der Waals surface area (Å²) in [4.78, 5) is 23.8. The second kappa shape index (κ2) is 8.02. The van der Waals surface area contributed by atoms with Gasteiger partial charge in [-0.05, 0) is 60.2 Å². The highest BCUT2D eigenvalue weighted by molar-refractivity contribution is 5.99. The van der Waals surface area contributed by atoms with Gasteiger partial charge in [-0.1, -0.05) is 12.1 Å². The van der Waals surface area contributed by atoms with Crippen LogP contribution in [0.2, 0.25) is 0 Å². The van der Waals surface area contributed by atoms with Gasteiger partial charge in [0.05, 0.1) is 5.69 Å². The number of ether oxygens (including phenoxy) is 2. The summed E-state index contributed by atoms with van der Waals surface area (Å²) in [5, 5.41) is 5.51. The summed E-state index contributed by atoms with van der Waals surface area (Å²) >= 11 is 0. The molecule has 0 bridgehead atoms. The lowest BCUT2D eigenvalue weighted by molar-refractivity contribution is -0.118. The fourth-order valence-electron chi connectivity index (χ4n) is 2.82. The highest BCUT2D eigenvalue weighted by Gasteiger charge is 2.17. The standard InChI is InChI=1S/C22H17FN2O4/c23-16-4-8-18(9-5-16)29-17-6-1-14(2-7-17)12-24-22(27)15-3-10-20-19(11-15)25-21(26)13-28-20/h1-11H,12-13H2,(H,24,27)(H,25,26). The molecule has 2 N–H and O–H groups in total. The van der Waals surface area contributed by atoms with Crippen molar-refractivity contribution in [2.45, 2.75) is 6.54 Å². The first-order valence-corrected chi connectivity index (χ1v) is 8.94. The van der Waals surface area contributed by atoms with Crippen LogP contribution < -0.4 is 20.1 Å². The number of fused-ring (bicyclic) bond motifs is 1. The second-order valence-electron chi connectivity index (χ2n) is 6.43. The van der Waals surface area contributed by atoms with Crippen molar-refractivity contribution in [3.8, 4) is 17.2 Å². The normalized spacial score (nSPS) is 12.4. The lowest BCUT2D eigenvalue weighted by Gasteiger charge is -2.18. The zero-order valence-corrected chi connectivity index (χ0v) is 15.3. The monoisotopic (exact) mass is 392 g/mol. The molecular weight excluding hydrogens is 375 g/mol. The van der Waals surface area contributed by atoms with E-state index in [9.17, 15) is 14.0 Å². The number of carbonyl (C=O) groups is 2. The van der Waals surface area contributed by atoms with E-state index in [-0.39, 0.29) is 24.2 Å². The van der Waals surface area contributed by atoms with Crippen LogP contribution in [0.5, 0.6) is 17.2 Å². The van der Waals surface area contributed by atoms with Crippen molar-refractivity contribution in [1.29, 1.82) is 0 Å². The van der Waals surface area contributed by atoms with Crippen molar-refractivity contribution in [3.05, 3.63) is 83.7 Å². The SMILES string of the molecule is O=C1COc2ccc(C(=O)NCc3ccc(Oc4ccc(F)cc4)cc3)cc2N1. The molecule has 0 atom stereocenters. The van der Waals surface area contributed by atoms with Crippen molar-refractivity contribution in [1.82, 2.24) is 5.32 Å². The van der Waals surface area contributed by atoms with Gasteiger partial charge in [0, 0.05) is 12.1 Å².